The normalized spacial score (nSPS) is 18.6. The van der Waals surface area contributed by atoms with E-state index in [2.05, 4.69) is 20.6 Å². The highest BCUT2D eigenvalue weighted by molar-refractivity contribution is 6.31. The van der Waals surface area contributed by atoms with Gasteiger partial charge < -0.3 is 20.3 Å². The van der Waals surface area contributed by atoms with E-state index in [0.29, 0.717) is 34.6 Å². The van der Waals surface area contributed by atoms with Gasteiger partial charge in [0.1, 0.15) is 5.02 Å². The van der Waals surface area contributed by atoms with Gasteiger partial charge in [-0.25, -0.2) is 4.98 Å². The highest BCUT2D eigenvalue weighted by Gasteiger charge is 2.33. The molecule has 1 aliphatic rings. The molecule has 0 radical (unpaired) electrons. The molecule has 28 heavy (non-hydrogen) atoms. The number of amides is 2. The van der Waals surface area contributed by atoms with Gasteiger partial charge in [0.05, 0.1) is 13.3 Å². The third-order valence-electron chi connectivity index (χ3n) is 4.53. The average Bonchev–Trinajstić information content (AvgIpc) is 3.03. The van der Waals surface area contributed by atoms with Crippen LogP contribution in [0.15, 0.2) is 30.5 Å². The van der Waals surface area contributed by atoms with Gasteiger partial charge in [-0.1, -0.05) is 11.6 Å². The zero-order chi connectivity index (χ0) is 20.3. The van der Waals surface area contributed by atoms with Crippen LogP contribution in [-0.2, 0) is 4.79 Å². The Morgan fingerprint density at radius 1 is 1.29 bits per heavy atom. The first-order valence-corrected chi connectivity index (χ1v) is 9.27. The molecule has 2 aromatic rings. The van der Waals surface area contributed by atoms with Gasteiger partial charge in [-0.15, -0.1) is 0 Å². The summed E-state index contributed by atoms with van der Waals surface area (Å²) in [6.45, 7) is 3.98. The zero-order valence-corrected chi connectivity index (χ0v) is 16.7. The lowest BCUT2D eigenvalue weighted by molar-refractivity contribution is -0.114. The van der Waals surface area contributed by atoms with Crippen molar-refractivity contribution in [3.05, 3.63) is 41.0 Å². The molecule has 1 aromatic heterocycles. The first-order chi connectivity index (χ1) is 13.4. The maximum Gasteiger partial charge on any atom is 0.254 e. The van der Waals surface area contributed by atoms with Gasteiger partial charge in [-0.3, -0.25) is 9.59 Å². The van der Waals surface area contributed by atoms with Gasteiger partial charge >= 0.3 is 0 Å². The summed E-state index contributed by atoms with van der Waals surface area (Å²) in [5.41, 5.74) is 1.23. The molecule has 2 amide bonds. The highest BCUT2D eigenvalue weighted by atomic mass is 35.5. The van der Waals surface area contributed by atoms with Crippen LogP contribution in [0.1, 0.15) is 30.6 Å². The molecule has 2 N–H and O–H groups in total. The number of carbonyl (C=O) groups is 2. The number of ether oxygens (including phenoxy) is 1. The van der Waals surface area contributed by atoms with E-state index >= 15 is 0 Å². The smallest absolute Gasteiger partial charge is 0.254 e. The van der Waals surface area contributed by atoms with Crippen LogP contribution in [0, 0.1) is 0 Å². The molecule has 0 saturated carbocycles. The van der Waals surface area contributed by atoms with E-state index < -0.39 is 0 Å². The Hall–Kier alpha value is -2.87. The molecule has 148 valence electrons. The molecule has 1 aromatic carbocycles. The second-order valence-electron chi connectivity index (χ2n) is 6.69. The van der Waals surface area contributed by atoms with E-state index in [4.69, 9.17) is 16.3 Å². The summed E-state index contributed by atoms with van der Waals surface area (Å²) in [4.78, 5) is 34.2. The molecule has 3 rings (SSSR count). The third kappa shape index (κ3) is 4.51. The van der Waals surface area contributed by atoms with Crippen LogP contribution in [0.3, 0.4) is 0 Å². The minimum Gasteiger partial charge on any atom is -0.480 e. The second-order valence-corrected chi connectivity index (χ2v) is 7.10. The summed E-state index contributed by atoms with van der Waals surface area (Å²) in [5, 5.41) is 6.27. The Bertz CT molecular complexity index is 874. The number of anilines is 2. The maximum atomic E-state index is 12.9. The number of nitrogens with zero attached hydrogens (tertiary/aromatic N) is 3. The molecule has 2 heterocycles. The van der Waals surface area contributed by atoms with Gasteiger partial charge in [0.15, 0.2) is 0 Å². The van der Waals surface area contributed by atoms with Crippen LogP contribution in [-0.4, -0.2) is 52.4 Å². The van der Waals surface area contributed by atoms with Crippen molar-refractivity contribution in [1.29, 1.82) is 0 Å². The minimum atomic E-state index is -0.151. The predicted octanol–water partition coefficient (Wildman–Crippen LogP) is 2.81. The van der Waals surface area contributed by atoms with Crippen molar-refractivity contribution in [2.75, 3.05) is 24.3 Å². The average molecular weight is 404 g/mol. The lowest BCUT2D eigenvalue weighted by atomic mass is 10.1. The highest BCUT2D eigenvalue weighted by Crippen LogP contribution is 2.25. The van der Waals surface area contributed by atoms with Crippen LogP contribution in [0.5, 0.6) is 5.88 Å². The summed E-state index contributed by atoms with van der Waals surface area (Å²) in [7, 11) is 1.49. The van der Waals surface area contributed by atoms with Crippen LogP contribution >= 0.6 is 11.6 Å². The summed E-state index contributed by atoms with van der Waals surface area (Å²) in [6, 6.07) is 6.96. The van der Waals surface area contributed by atoms with Crippen LogP contribution in [0.25, 0.3) is 0 Å². The number of rotatable bonds is 5. The summed E-state index contributed by atoms with van der Waals surface area (Å²) in [6.07, 6.45) is 2.25. The topological polar surface area (TPSA) is 96.5 Å². The van der Waals surface area contributed by atoms with Crippen molar-refractivity contribution in [3.63, 3.8) is 0 Å². The largest absolute Gasteiger partial charge is 0.480 e. The van der Waals surface area contributed by atoms with Crippen LogP contribution < -0.4 is 15.4 Å². The molecule has 0 bridgehead atoms. The number of methoxy groups -OCH3 is 1. The van der Waals surface area contributed by atoms with Crippen LogP contribution in [0.4, 0.5) is 11.6 Å². The third-order valence-corrected chi connectivity index (χ3v) is 4.79. The fourth-order valence-corrected chi connectivity index (χ4v) is 3.40. The molecule has 8 nitrogen and oxygen atoms in total. The number of halogens is 1. The Morgan fingerprint density at radius 2 is 2.00 bits per heavy atom. The van der Waals surface area contributed by atoms with Gasteiger partial charge in [-0.2, -0.15) is 4.98 Å². The predicted molar refractivity (Wildman–Crippen MR) is 107 cm³/mol. The number of nitrogens with one attached hydrogen (secondary N) is 2. The number of likely N-dealkylation sites (tertiary alicyclic amines) is 1. The van der Waals surface area contributed by atoms with E-state index in [1.807, 2.05) is 11.8 Å². The van der Waals surface area contributed by atoms with Crippen molar-refractivity contribution >= 4 is 35.1 Å². The number of carbonyl (C=O) groups excluding carboxylic acids is 2. The van der Waals surface area contributed by atoms with Crippen molar-refractivity contribution in [2.45, 2.75) is 32.4 Å². The second kappa shape index (κ2) is 8.43. The fraction of sp³-hybridized carbons (Fsp3) is 0.368. The Morgan fingerprint density at radius 3 is 2.64 bits per heavy atom. The SMILES string of the molecule is COc1nc(N[C@@H]2C[C@@H](C)N(C(=O)c3ccc(NC(C)=O)cc3)C2)ncc1Cl. The number of benzene rings is 1. The van der Waals surface area contributed by atoms with E-state index in [0.717, 1.165) is 6.42 Å². The number of hydrogen-bond acceptors (Lipinski definition) is 6. The lowest BCUT2D eigenvalue weighted by Gasteiger charge is -2.21. The Kier molecular flexibility index (Phi) is 5.99. The fourth-order valence-electron chi connectivity index (χ4n) is 3.23. The van der Waals surface area contributed by atoms with E-state index in [1.165, 1.54) is 20.2 Å². The van der Waals surface area contributed by atoms with E-state index in [1.54, 1.807) is 24.3 Å². The summed E-state index contributed by atoms with van der Waals surface area (Å²) in [5.74, 6) is 0.507. The van der Waals surface area contributed by atoms with Gasteiger partial charge in [0, 0.05) is 36.8 Å². The molecule has 0 unspecified atom stereocenters. The van der Waals surface area contributed by atoms with Crippen molar-refractivity contribution in [2.24, 2.45) is 0 Å². The molecule has 1 aliphatic heterocycles. The molecule has 9 heteroatoms. The van der Waals surface area contributed by atoms with Crippen LogP contribution in [0.2, 0.25) is 5.02 Å². The van der Waals surface area contributed by atoms with Crippen molar-refractivity contribution < 1.29 is 14.3 Å². The minimum absolute atomic E-state index is 0.0171. The molecule has 1 fully saturated rings. The Balaban J connectivity index is 1.66. The van der Waals surface area contributed by atoms with Gasteiger partial charge in [-0.05, 0) is 37.6 Å². The van der Waals surface area contributed by atoms with Gasteiger partial charge in [0.2, 0.25) is 17.7 Å². The van der Waals surface area contributed by atoms with Crippen molar-refractivity contribution in [3.8, 4) is 5.88 Å². The summed E-state index contributed by atoms with van der Waals surface area (Å²) >= 11 is 5.95. The Labute approximate surface area is 168 Å². The number of aromatic nitrogens is 2. The standard InChI is InChI=1S/C19H22ClN5O3/c1-11-8-15(23-19-21-9-16(20)17(24-19)28-3)10-25(11)18(27)13-4-6-14(7-5-13)22-12(2)26/h4-7,9,11,15H,8,10H2,1-3H3,(H,22,26)(H,21,23,24)/t11-,15-/m1/s1. The van der Waals surface area contributed by atoms with Crippen molar-refractivity contribution in [1.82, 2.24) is 14.9 Å². The zero-order valence-electron chi connectivity index (χ0n) is 15.9. The molecular formula is C19H22ClN5O3. The molecule has 0 spiro atoms. The van der Waals surface area contributed by atoms with E-state index in [-0.39, 0.29) is 23.9 Å². The van der Waals surface area contributed by atoms with E-state index in [9.17, 15) is 9.59 Å². The maximum absolute atomic E-state index is 12.9. The first-order valence-electron chi connectivity index (χ1n) is 8.89. The molecule has 1 saturated heterocycles. The quantitative estimate of drug-likeness (QED) is 0.796. The lowest BCUT2D eigenvalue weighted by Crippen LogP contribution is -2.35. The molecular weight excluding hydrogens is 382 g/mol. The van der Waals surface area contributed by atoms with Gasteiger partial charge in [0.25, 0.3) is 5.91 Å². The summed E-state index contributed by atoms with van der Waals surface area (Å²) < 4.78 is 5.11. The molecule has 2 atom stereocenters. The molecule has 0 aliphatic carbocycles. The first kappa shape index (κ1) is 19.9. The number of hydrogen-bond donors (Lipinski definition) is 2. The monoisotopic (exact) mass is 403 g/mol.